The first-order chi connectivity index (χ1) is 11.3. The number of piperazine rings is 1. The van der Waals surface area contributed by atoms with E-state index in [4.69, 9.17) is 0 Å². The number of hydrogen-bond acceptors (Lipinski definition) is 4. The zero-order chi connectivity index (χ0) is 17.4. The fraction of sp³-hybridized carbons (Fsp3) is 0.562. The minimum atomic E-state index is -3.89. The Morgan fingerprint density at radius 2 is 1.96 bits per heavy atom. The molecule has 0 unspecified atom stereocenters. The van der Waals surface area contributed by atoms with Crippen LogP contribution in [0.25, 0.3) is 0 Å². The highest BCUT2D eigenvalue weighted by molar-refractivity contribution is 7.89. The lowest BCUT2D eigenvalue weighted by Gasteiger charge is -2.48. The molecule has 2 fully saturated rings. The highest BCUT2D eigenvalue weighted by Crippen LogP contribution is 2.33. The van der Waals surface area contributed by atoms with Gasteiger partial charge in [0.15, 0.2) is 0 Å². The van der Waals surface area contributed by atoms with Gasteiger partial charge in [0.25, 0.3) is 0 Å². The van der Waals surface area contributed by atoms with Crippen molar-refractivity contribution in [1.82, 2.24) is 14.5 Å². The molecule has 24 heavy (non-hydrogen) atoms. The van der Waals surface area contributed by atoms with Gasteiger partial charge in [0, 0.05) is 38.1 Å². The molecule has 0 aliphatic carbocycles. The summed E-state index contributed by atoms with van der Waals surface area (Å²) in [5, 5.41) is 2.84. The van der Waals surface area contributed by atoms with Crippen LogP contribution in [0.15, 0.2) is 29.2 Å². The second kappa shape index (κ2) is 6.42. The smallest absolute Gasteiger partial charge is 0.246 e. The number of nitrogens with one attached hydrogen (secondary N) is 1. The maximum Gasteiger partial charge on any atom is 0.246 e. The second-order valence-electron chi connectivity index (χ2n) is 6.51. The lowest BCUT2D eigenvalue weighted by atomic mass is 9.87. The van der Waals surface area contributed by atoms with Crippen LogP contribution in [-0.4, -0.2) is 62.3 Å². The molecule has 0 saturated carbocycles. The summed E-state index contributed by atoms with van der Waals surface area (Å²) in [6.07, 6.45) is 1.65. The Morgan fingerprint density at radius 3 is 2.71 bits per heavy atom. The molecule has 1 atom stereocenters. The quantitative estimate of drug-likeness (QED) is 0.852. The molecule has 1 aromatic carbocycles. The maximum atomic E-state index is 14.0. The highest BCUT2D eigenvalue weighted by Gasteiger charge is 2.44. The average molecular weight is 355 g/mol. The van der Waals surface area contributed by atoms with Crippen molar-refractivity contribution in [3.05, 3.63) is 30.1 Å². The van der Waals surface area contributed by atoms with Crippen LogP contribution in [0.3, 0.4) is 0 Å². The van der Waals surface area contributed by atoms with Crippen LogP contribution < -0.4 is 5.32 Å². The molecule has 1 N–H and O–H groups in total. The SMILES string of the molecule is CN1CCN(S(=O)(=O)c2ccccc2F)C[C@@]12CCNC(=O)CC2. The molecule has 2 aliphatic rings. The molecule has 0 aromatic heterocycles. The number of rotatable bonds is 2. The van der Waals surface area contributed by atoms with Crippen LogP contribution in [0.5, 0.6) is 0 Å². The third-order valence-corrected chi connectivity index (χ3v) is 7.03. The Bertz CT molecular complexity index is 740. The summed E-state index contributed by atoms with van der Waals surface area (Å²) < 4.78 is 41.1. The van der Waals surface area contributed by atoms with Crippen molar-refractivity contribution in [3.8, 4) is 0 Å². The zero-order valence-electron chi connectivity index (χ0n) is 13.7. The molecular formula is C16H22FN3O3S. The monoisotopic (exact) mass is 355 g/mol. The van der Waals surface area contributed by atoms with Crippen molar-refractivity contribution in [3.63, 3.8) is 0 Å². The van der Waals surface area contributed by atoms with E-state index in [1.54, 1.807) is 0 Å². The lowest BCUT2D eigenvalue weighted by Crippen LogP contribution is -2.62. The van der Waals surface area contributed by atoms with E-state index >= 15 is 0 Å². The Morgan fingerprint density at radius 1 is 1.21 bits per heavy atom. The van der Waals surface area contributed by atoms with E-state index in [2.05, 4.69) is 10.2 Å². The predicted octanol–water partition coefficient (Wildman–Crippen LogP) is 0.801. The largest absolute Gasteiger partial charge is 0.356 e. The van der Waals surface area contributed by atoms with Gasteiger partial charge in [-0.3, -0.25) is 9.69 Å². The normalized spacial score (nSPS) is 27.0. The maximum absolute atomic E-state index is 14.0. The third-order valence-electron chi connectivity index (χ3n) is 5.15. The molecule has 132 valence electrons. The number of amides is 1. The summed E-state index contributed by atoms with van der Waals surface area (Å²) in [4.78, 5) is 13.5. The summed E-state index contributed by atoms with van der Waals surface area (Å²) in [6.45, 7) is 1.67. The molecule has 3 rings (SSSR count). The standard InChI is InChI=1S/C16H22FN3O3S/c1-19-10-11-20(12-16(19)7-6-15(21)18-9-8-16)24(22,23)14-5-3-2-4-13(14)17/h2-5H,6-12H2,1H3,(H,18,21)/t16-/m1/s1. The van der Waals surface area contributed by atoms with Gasteiger partial charge in [-0.25, -0.2) is 12.8 Å². The Labute approximate surface area is 141 Å². The van der Waals surface area contributed by atoms with E-state index in [9.17, 15) is 17.6 Å². The number of carbonyl (C=O) groups is 1. The number of nitrogens with zero attached hydrogens (tertiary/aromatic N) is 2. The summed E-state index contributed by atoms with van der Waals surface area (Å²) in [7, 11) is -1.93. The minimum Gasteiger partial charge on any atom is -0.356 e. The Kier molecular flexibility index (Phi) is 4.63. The molecule has 1 amide bonds. The summed E-state index contributed by atoms with van der Waals surface area (Å²) >= 11 is 0. The van der Waals surface area contributed by atoms with Crippen molar-refractivity contribution in [2.45, 2.75) is 29.7 Å². The molecule has 2 heterocycles. The summed E-state index contributed by atoms with van der Waals surface area (Å²) in [6, 6.07) is 5.46. The van der Waals surface area contributed by atoms with E-state index in [0.29, 0.717) is 38.9 Å². The Hall–Kier alpha value is -1.51. The number of carbonyl (C=O) groups excluding carboxylic acids is 1. The van der Waals surface area contributed by atoms with Crippen molar-refractivity contribution in [2.24, 2.45) is 0 Å². The van der Waals surface area contributed by atoms with Crippen LogP contribution in [0.4, 0.5) is 4.39 Å². The number of sulfonamides is 1. The third kappa shape index (κ3) is 3.05. The van der Waals surface area contributed by atoms with Crippen LogP contribution in [-0.2, 0) is 14.8 Å². The second-order valence-corrected chi connectivity index (χ2v) is 8.42. The number of likely N-dealkylation sites (N-methyl/N-ethyl adjacent to an activating group) is 1. The predicted molar refractivity (Wildman–Crippen MR) is 87.4 cm³/mol. The summed E-state index contributed by atoms with van der Waals surface area (Å²) in [5.41, 5.74) is -0.393. The molecule has 1 spiro atoms. The molecule has 1 aromatic rings. The first kappa shape index (κ1) is 17.3. The first-order valence-corrected chi connectivity index (χ1v) is 9.52. The van der Waals surface area contributed by atoms with Gasteiger partial charge in [-0.15, -0.1) is 0 Å². The zero-order valence-corrected chi connectivity index (χ0v) is 14.5. The number of benzene rings is 1. The van der Waals surface area contributed by atoms with Gasteiger partial charge in [0.2, 0.25) is 15.9 Å². The van der Waals surface area contributed by atoms with Gasteiger partial charge in [-0.1, -0.05) is 12.1 Å². The summed E-state index contributed by atoms with van der Waals surface area (Å²) in [5.74, 6) is -0.738. The molecule has 0 bridgehead atoms. The lowest BCUT2D eigenvalue weighted by molar-refractivity contribution is -0.121. The first-order valence-electron chi connectivity index (χ1n) is 8.08. The van der Waals surface area contributed by atoms with Gasteiger partial charge in [0.05, 0.1) is 0 Å². The van der Waals surface area contributed by atoms with Gasteiger partial charge >= 0.3 is 0 Å². The molecular weight excluding hydrogens is 333 g/mol. The van der Waals surface area contributed by atoms with E-state index in [1.165, 1.54) is 22.5 Å². The van der Waals surface area contributed by atoms with E-state index in [0.717, 1.165) is 6.07 Å². The van der Waals surface area contributed by atoms with Crippen molar-refractivity contribution >= 4 is 15.9 Å². The van der Waals surface area contributed by atoms with Crippen LogP contribution in [0.2, 0.25) is 0 Å². The molecule has 0 radical (unpaired) electrons. The van der Waals surface area contributed by atoms with E-state index < -0.39 is 21.4 Å². The van der Waals surface area contributed by atoms with Crippen molar-refractivity contribution < 1.29 is 17.6 Å². The minimum absolute atomic E-state index is 0.00522. The van der Waals surface area contributed by atoms with Crippen LogP contribution in [0, 0.1) is 5.82 Å². The number of halogens is 1. The van der Waals surface area contributed by atoms with E-state index in [-0.39, 0.29) is 17.3 Å². The molecule has 8 heteroatoms. The molecule has 2 aliphatic heterocycles. The van der Waals surface area contributed by atoms with Gasteiger partial charge in [-0.05, 0) is 32.0 Å². The fourth-order valence-corrected chi connectivity index (χ4v) is 5.13. The van der Waals surface area contributed by atoms with E-state index in [1.807, 2.05) is 7.05 Å². The average Bonchev–Trinajstić information content (AvgIpc) is 2.73. The van der Waals surface area contributed by atoms with Crippen molar-refractivity contribution in [2.75, 3.05) is 33.2 Å². The highest BCUT2D eigenvalue weighted by atomic mass is 32.2. The van der Waals surface area contributed by atoms with Crippen LogP contribution in [0.1, 0.15) is 19.3 Å². The van der Waals surface area contributed by atoms with Gasteiger partial charge in [0.1, 0.15) is 10.7 Å². The fourth-order valence-electron chi connectivity index (χ4n) is 3.56. The molecule has 2 saturated heterocycles. The number of hydrogen-bond donors (Lipinski definition) is 1. The van der Waals surface area contributed by atoms with Gasteiger partial charge < -0.3 is 5.32 Å². The van der Waals surface area contributed by atoms with Gasteiger partial charge in [-0.2, -0.15) is 4.31 Å². The Balaban J connectivity index is 1.90. The van der Waals surface area contributed by atoms with Crippen molar-refractivity contribution in [1.29, 1.82) is 0 Å². The molecule has 6 nitrogen and oxygen atoms in total. The topological polar surface area (TPSA) is 69.7 Å². The van der Waals surface area contributed by atoms with Crippen LogP contribution >= 0.6 is 0 Å².